The fraction of sp³-hybridized carbons (Fsp3) is 0.264. The topological polar surface area (TPSA) is 406 Å². The van der Waals surface area contributed by atoms with E-state index in [0.717, 1.165) is 73.2 Å². The molecule has 122 heavy (non-hydrogen) atoms. The lowest BCUT2D eigenvalue weighted by Gasteiger charge is -2.30. The number of carboxylic acids is 5. The molecule has 0 radical (unpaired) electrons. The molecule has 3 aliphatic heterocycles. The number of halogens is 4. The van der Waals surface area contributed by atoms with Crippen LogP contribution < -0.4 is 24.5 Å². The minimum atomic E-state index is -1.21. The van der Waals surface area contributed by atoms with Gasteiger partial charge < -0.3 is 72.4 Å². The van der Waals surface area contributed by atoms with Crippen molar-refractivity contribution in [2.75, 3.05) is 91.1 Å². The number of aromatic carboxylic acids is 4. The Kier molecular flexibility index (Phi) is 25.2. The predicted molar refractivity (Wildman–Crippen MR) is 443 cm³/mol. The zero-order chi connectivity index (χ0) is 86.2. The zero-order valence-electron chi connectivity index (χ0n) is 66.7. The number of aromatic nitrogens is 11. The SMILES string of the molecule is CC(C)N(C)c1nc2oc(C(=O)O)cc2nc1-c1ccc(F)cc1.CC(C)c1nc2c(nc1N1CCCCC1)CC(C(=O)O)=C2.CN(c1cccnc1)c1nc2oc(C(=O)O)cc2nc1-c1ccc(F)cc1.O=C(O)c1cc2nc(-c3ccc(F)cc3)c(N3CCCCC3)nc2o1.O=C(O)c1cc2nc(-c3ccc(F)cc3)c(N3CCOCC3)nc2o1. The first kappa shape index (κ1) is 83.8. The van der Waals surface area contributed by atoms with Crippen LogP contribution in [0.1, 0.15) is 131 Å². The molecule has 626 valence electrons. The summed E-state index contributed by atoms with van der Waals surface area (Å²) < 4.78 is 79.6. The second-order valence-electron chi connectivity index (χ2n) is 29.3. The molecule has 0 atom stereocenters. The number of carbonyl (C=O) groups is 5. The van der Waals surface area contributed by atoms with E-state index in [9.17, 15) is 41.5 Å². The Hall–Kier alpha value is -14.6. The van der Waals surface area contributed by atoms with Crippen molar-refractivity contribution in [2.24, 2.45) is 0 Å². The first-order valence-corrected chi connectivity index (χ1v) is 39.0. The average molecular weight is 1670 g/mol. The maximum Gasteiger partial charge on any atom is 0.371 e. The molecular weight excluding hydrogens is 1590 g/mol. The van der Waals surface area contributed by atoms with Crippen LogP contribution in [0.5, 0.6) is 0 Å². The van der Waals surface area contributed by atoms with Gasteiger partial charge in [0.25, 0.3) is 0 Å². The second-order valence-corrected chi connectivity index (χ2v) is 29.3. The Balaban J connectivity index is 0.000000125. The monoisotopic (exact) mass is 1660 g/mol. The number of furan rings is 4. The molecule has 5 N–H and O–H groups in total. The van der Waals surface area contributed by atoms with Crippen molar-refractivity contribution in [1.82, 2.24) is 54.8 Å². The molecule has 3 fully saturated rings. The van der Waals surface area contributed by atoms with Crippen LogP contribution in [-0.2, 0) is 16.0 Å². The van der Waals surface area contributed by atoms with Crippen LogP contribution in [0, 0.1) is 23.3 Å². The Bertz CT molecular complexity index is 6080. The molecular formula is C87H80F4N16O15. The number of nitrogens with zero attached hydrogens (tertiary/aromatic N) is 16. The minimum absolute atomic E-state index is 0.101. The number of pyridine rings is 1. The molecule has 35 heteroatoms. The van der Waals surface area contributed by atoms with E-state index in [4.69, 9.17) is 57.9 Å². The minimum Gasteiger partial charge on any atom is -0.478 e. The second kappa shape index (κ2) is 36.7. The maximum absolute atomic E-state index is 13.3. The van der Waals surface area contributed by atoms with E-state index < -0.39 is 29.8 Å². The third-order valence-corrected chi connectivity index (χ3v) is 20.3. The number of morpholine rings is 1. The molecule has 18 rings (SSSR count). The normalized spacial score (nSPS) is 13.8. The van der Waals surface area contributed by atoms with E-state index in [1.165, 1.54) is 98.5 Å². The highest BCUT2D eigenvalue weighted by Crippen LogP contribution is 2.39. The molecule has 0 bridgehead atoms. The number of anilines is 6. The van der Waals surface area contributed by atoms with Crippen LogP contribution in [0.25, 0.3) is 96.0 Å². The quantitative estimate of drug-likeness (QED) is 0.0529. The largest absolute Gasteiger partial charge is 0.478 e. The molecule has 3 saturated heterocycles. The summed E-state index contributed by atoms with van der Waals surface area (Å²) in [6.07, 6.45) is 12.3. The standard InChI is InChI=1S/C19H13FN4O3.C18H16FN3O3.C17H14FN3O4.C17H16FN3O3.C16H21N3O2/c1-24(13-3-2-8-21-10-13)17-16(11-4-6-12(20)7-5-11)22-14-9-15(19(25)26)27-18(14)23-17;19-12-6-4-11(5-7-12)15-16(22-8-2-1-3-9-22)21-17-13(20-15)10-14(25-17)18(23)24;18-11-3-1-10(2-4-11)14-15(21-5-7-24-8-6-21)20-16-12(19-14)9-13(25-16)17(22)23;1-9(2)21(3)15-14(10-4-6-11(18)7-5-10)19-12-8-13(17(22)23)24-16(12)20-15;1-10(2)14-15(19-6-4-3-5-7-19)18-13-9-11(16(20)21)8-12(13)17-14/h2-10H,1H3,(H,25,26);4-7,10H,1-3,8-9H2,(H,23,24);1-4,9H,5-8H2,(H,22,23);4-9H,1-3H3,(H,22,23);8,10H,3-7,9H2,1-2H3,(H,20,21). The van der Waals surface area contributed by atoms with E-state index in [-0.39, 0.29) is 81.1 Å². The summed E-state index contributed by atoms with van der Waals surface area (Å²) >= 11 is 0. The van der Waals surface area contributed by atoms with Gasteiger partial charge in [0.2, 0.25) is 45.9 Å². The van der Waals surface area contributed by atoms with Gasteiger partial charge in [-0.25, -0.2) is 71.4 Å². The van der Waals surface area contributed by atoms with Crippen LogP contribution in [0.15, 0.2) is 169 Å². The summed E-state index contributed by atoms with van der Waals surface area (Å²) in [4.78, 5) is 115. The van der Waals surface area contributed by atoms with Gasteiger partial charge in [-0.2, -0.15) is 19.9 Å². The number of benzene rings is 4. The number of fused-ring (bicyclic) bond motifs is 5. The number of ether oxygens (including phenoxy) is 1. The zero-order valence-corrected chi connectivity index (χ0v) is 66.7. The van der Waals surface area contributed by atoms with Crippen LogP contribution in [0.3, 0.4) is 0 Å². The number of hydrogen-bond acceptors (Lipinski definition) is 26. The van der Waals surface area contributed by atoms with E-state index in [2.05, 4.69) is 68.5 Å². The van der Waals surface area contributed by atoms with Crippen molar-refractivity contribution in [3.05, 3.63) is 215 Å². The van der Waals surface area contributed by atoms with Crippen molar-refractivity contribution in [3.63, 3.8) is 0 Å². The first-order chi connectivity index (χ1) is 58.7. The number of rotatable bonds is 17. The molecule has 1 aliphatic carbocycles. The molecule has 14 aromatic rings. The summed E-state index contributed by atoms with van der Waals surface area (Å²) in [5, 5.41) is 45.6. The van der Waals surface area contributed by atoms with Gasteiger partial charge in [-0.05, 0) is 174 Å². The van der Waals surface area contributed by atoms with Crippen molar-refractivity contribution in [3.8, 4) is 45.0 Å². The third kappa shape index (κ3) is 19.1. The van der Waals surface area contributed by atoms with Crippen LogP contribution in [-0.4, -0.2) is 183 Å². The molecule has 13 heterocycles. The van der Waals surface area contributed by atoms with Gasteiger partial charge in [-0.15, -0.1) is 0 Å². The Morgan fingerprint density at radius 1 is 0.418 bits per heavy atom. The summed E-state index contributed by atoms with van der Waals surface area (Å²) in [6.45, 7) is 14.3. The van der Waals surface area contributed by atoms with E-state index in [1.54, 1.807) is 85.0 Å². The van der Waals surface area contributed by atoms with E-state index in [1.807, 2.05) is 36.8 Å². The third-order valence-electron chi connectivity index (χ3n) is 20.3. The molecule has 0 spiro atoms. The Morgan fingerprint density at radius 3 is 1.16 bits per heavy atom. The molecule has 31 nitrogen and oxygen atoms in total. The van der Waals surface area contributed by atoms with Crippen molar-refractivity contribution in [2.45, 2.75) is 84.6 Å². The Labute approximate surface area is 692 Å². The lowest BCUT2D eigenvalue weighted by molar-refractivity contribution is -0.132. The molecule has 0 saturated carbocycles. The highest BCUT2D eigenvalue weighted by atomic mass is 19.1. The molecule has 0 unspecified atom stereocenters. The highest BCUT2D eigenvalue weighted by Gasteiger charge is 2.30. The molecule has 4 aliphatic rings. The lowest BCUT2D eigenvalue weighted by Crippen LogP contribution is -2.37. The van der Waals surface area contributed by atoms with Crippen LogP contribution >= 0.6 is 0 Å². The fourth-order valence-electron chi connectivity index (χ4n) is 13.7. The molecule has 10 aromatic heterocycles. The van der Waals surface area contributed by atoms with E-state index >= 15 is 0 Å². The van der Waals surface area contributed by atoms with Crippen molar-refractivity contribution in [1.29, 1.82) is 0 Å². The van der Waals surface area contributed by atoms with Gasteiger partial charge >= 0.3 is 29.8 Å². The van der Waals surface area contributed by atoms with Gasteiger partial charge in [-0.1, -0.05) is 13.8 Å². The molecule has 4 aromatic carbocycles. The highest BCUT2D eigenvalue weighted by molar-refractivity contribution is 5.96. The van der Waals surface area contributed by atoms with Gasteiger partial charge in [0.15, 0.2) is 29.1 Å². The van der Waals surface area contributed by atoms with Crippen LogP contribution in [0.2, 0.25) is 0 Å². The predicted octanol–water partition coefficient (Wildman–Crippen LogP) is 16.4. The number of hydrogen-bond donors (Lipinski definition) is 5. The smallest absolute Gasteiger partial charge is 0.371 e. The summed E-state index contributed by atoms with van der Waals surface area (Å²) in [5.74, 6) is -4.49. The van der Waals surface area contributed by atoms with Crippen molar-refractivity contribution >= 4 is 116 Å². The van der Waals surface area contributed by atoms with Crippen LogP contribution in [0.4, 0.5) is 52.3 Å². The summed E-state index contributed by atoms with van der Waals surface area (Å²) in [6, 6.07) is 32.8. The average Bonchev–Trinajstić information content (AvgIpc) is 1.62. The summed E-state index contributed by atoms with van der Waals surface area (Å²) in [7, 11) is 3.63. The van der Waals surface area contributed by atoms with E-state index in [0.29, 0.717) is 123 Å². The Morgan fingerprint density at radius 2 is 0.787 bits per heavy atom. The number of piperidine rings is 2. The van der Waals surface area contributed by atoms with Crippen molar-refractivity contribution < 1.29 is 89.5 Å². The van der Waals surface area contributed by atoms with Gasteiger partial charge in [0.1, 0.15) is 68.1 Å². The molecule has 0 amide bonds. The maximum atomic E-state index is 13.3. The first-order valence-electron chi connectivity index (χ1n) is 39.0. The number of aliphatic carboxylic acids is 1. The van der Waals surface area contributed by atoms with Gasteiger partial charge in [0.05, 0.1) is 42.2 Å². The summed E-state index contributed by atoms with van der Waals surface area (Å²) in [5.41, 5.74) is 10.5. The van der Waals surface area contributed by atoms with Gasteiger partial charge in [0, 0.05) is 124 Å². The van der Waals surface area contributed by atoms with Gasteiger partial charge in [-0.3, -0.25) is 4.98 Å². The fourth-order valence-corrected chi connectivity index (χ4v) is 13.7. The lowest BCUT2D eigenvalue weighted by atomic mass is 10.1. The number of carboxylic acid groups (broad SMARTS) is 5.